The summed E-state index contributed by atoms with van der Waals surface area (Å²) in [4.78, 5) is 18.8. The highest BCUT2D eigenvalue weighted by molar-refractivity contribution is 7.92. The second-order valence-corrected chi connectivity index (χ2v) is 9.04. The molecule has 1 N–H and O–H groups in total. The number of rotatable bonds is 5. The second kappa shape index (κ2) is 6.95. The molecule has 1 saturated carbocycles. The quantitative estimate of drug-likeness (QED) is 0.840. The molecular formula is C18H22N4O4S. The van der Waals surface area contributed by atoms with Gasteiger partial charge in [0, 0.05) is 30.3 Å². The van der Waals surface area contributed by atoms with E-state index < -0.39 is 10.0 Å². The van der Waals surface area contributed by atoms with Crippen LogP contribution in [-0.2, 0) is 14.8 Å². The fourth-order valence-electron chi connectivity index (χ4n) is 3.89. The number of benzene rings is 1. The lowest BCUT2D eigenvalue weighted by atomic mass is 10.1. The van der Waals surface area contributed by atoms with Crippen molar-refractivity contribution < 1.29 is 17.7 Å². The Kier molecular flexibility index (Phi) is 4.63. The van der Waals surface area contributed by atoms with Crippen molar-refractivity contribution in [3.63, 3.8) is 0 Å². The van der Waals surface area contributed by atoms with Gasteiger partial charge < -0.3 is 9.42 Å². The lowest BCUT2D eigenvalue weighted by Crippen LogP contribution is -2.34. The first-order valence-corrected chi connectivity index (χ1v) is 11.0. The predicted octanol–water partition coefficient (Wildman–Crippen LogP) is 2.37. The molecule has 0 spiro atoms. The molecule has 144 valence electrons. The Bertz CT molecular complexity index is 933. The largest absolute Gasteiger partial charge is 0.339 e. The van der Waals surface area contributed by atoms with Crippen LogP contribution in [0.5, 0.6) is 0 Å². The summed E-state index contributed by atoms with van der Waals surface area (Å²) < 4.78 is 30.4. The Labute approximate surface area is 158 Å². The predicted molar refractivity (Wildman–Crippen MR) is 99.5 cm³/mol. The number of carbonyl (C=O) groups is 1. The van der Waals surface area contributed by atoms with Crippen LogP contribution in [0.4, 0.5) is 5.69 Å². The van der Waals surface area contributed by atoms with Gasteiger partial charge in [0.15, 0.2) is 0 Å². The number of hydrogen-bond acceptors (Lipinski definition) is 6. The molecule has 2 aromatic rings. The minimum absolute atomic E-state index is 0.0643. The number of sulfonamides is 1. The highest BCUT2D eigenvalue weighted by Crippen LogP contribution is 2.34. The molecular weight excluding hydrogens is 368 g/mol. The highest BCUT2D eigenvalue weighted by atomic mass is 32.2. The zero-order chi connectivity index (χ0) is 19.0. The van der Waals surface area contributed by atoms with E-state index in [4.69, 9.17) is 4.52 Å². The molecule has 1 aromatic heterocycles. The van der Waals surface area contributed by atoms with Gasteiger partial charge in [0.2, 0.25) is 27.6 Å². The molecule has 2 aliphatic rings. The van der Waals surface area contributed by atoms with E-state index >= 15 is 0 Å². The van der Waals surface area contributed by atoms with Crippen molar-refractivity contribution >= 4 is 21.6 Å². The van der Waals surface area contributed by atoms with Gasteiger partial charge in [0.25, 0.3) is 0 Å². The van der Waals surface area contributed by atoms with Crippen LogP contribution in [0.25, 0.3) is 11.4 Å². The Morgan fingerprint density at radius 1 is 1.19 bits per heavy atom. The minimum Gasteiger partial charge on any atom is -0.339 e. The van der Waals surface area contributed by atoms with Gasteiger partial charge in [-0.15, -0.1) is 0 Å². The van der Waals surface area contributed by atoms with Crippen LogP contribution >= 0.6 is 0 Å². The number of nitrogens with zero attached hydrogens (tertiary/aromatic N) is 3. The van der Waals surface area contributed by atoms with Crippen molar-refractivity contribution in [3.05, 3.63) is 30.2 Å². The summed E-state index contributed by atoms with van der Waals surface area (Å²) in [5.41, 5.74) is 1.19. The number of anilines is 1. The maximum absolute atomic E-state index is 12.4. The Hall–Kier alpha value is -2.42. The summed E-state index contributed by atoms with van der Waals surface area (Å²) >= 11 is 0. The van der Waals surface area contributed by atoms with E-state index in [1.54, 1.807) is 24.3 Å². The normalized spacial score (nSPS) is 21.1. The third-order valence-electron chi connectivity index (χ3n) is 5.16. The lowest BCUT2D eigenvalue weighted by molar-refractivity contribution is -0.129. The van der Waals surface area contributed by atoms with Gasteiger partial charge in [-0.2, -0.15) is 4.98 Å². The van der Waals surface area contributed by atoms with E-state index in [0.29, 0.717) is 36.4 Å². The van der Waals surface area contributed by atoms with Crippen LogP contribution in [0.1, 0.15) is 43.9 Å². The lowest BCUT2D eigenvalue weighted by Gasteiger charge is -2.23. The number of hydrogen-bond donors (Lipinski definition) is 1. The second-order valence-electron chi connectivity index (χ2n) is 7.29. The van der Waals surface area contributed by atoms with E-state index in [1.807, 2.05) is 4.90 Å². The molecule has 0 radical (unpaired) electrons. The van der Waals surface area contributed by atoms with E-state index in [-0.39, 0.29) is 11.8 Å². The van der Waals surface area contributed by atoms with Gasteiger partial charge in [-0.3, -0.25) is 9.52 Å². The first-order valence-electron chi connectivity index (χ1n) is 9.10. The van der Waals surface area contributed by atoms with Crippen molar-refractivity contribution in [1.82, 2.24) is 15.0 Å². The standard InChI is InChI=1S/C18H22N4O4S/c1-27(24,25)21-14-8-6-12(7-9-14)17-19-18(26-20-17)13-10-16(23)22(11-13)15-4-2-3-5-15/h6-9,13,15,21H,2-5,10-11H2,1H3/t13-/m1/s1. The first-order chi connectivity index (χ1) is 12.9. The molecule has 4 rings (SSSR count). The molecule has 2 fully saturated rings. The van der Waals surface area contributed by atoms with Crippen LogP contribution in [0.2, 0.25) is 0 Å². The summed E-state index contributed by atoms with van der Waals surface area (Å²) in [5.74, 6) is 1.02. The summed E-state index contributed by atoms with van der Waals surface area (Å²) in [6, 6.07) is 7.11. The molecule has 0 unspecified atom stereocenters. The average molecular weight is 390 g/mol. The third-order valence-corrected chi connectivity index (χ3v) is 5.77. The first kappa shape index (κ1) is 18.0. The van der Waals surface area contributed by atoms with E-state index in [2.05, 4.69) is 14.9 Å². The molecule has 8 nitrogen and oxygen atoms in total. The van der Waals surface area contributed by atoms with Gasteiger partial charge in [-0.05, 0) is 37.1 Å². The van der Waals surface area contributed by atoms with Gasteiger partial charge in [0.1, 0.15) is 0 Å². The minimum atomic E-state index is -3.32. The van der Waals surface area contributed by atoms with E-state index in [1.165, 1.54) is 12.8 Å². The van der Waals surface area contributed by atoms with Crippen LogP contribution in [-0.4, -0.2) is 48.2 Å². The van der Waals surface area contributed by atoms with Crippen molar-refractivity contribution in [2.45, 2.75) is 44.1 Å². The monoisotopic (exact) mass is 390 g/mol. The summed E-state index contributed by atoms with van der Waals surface area (Å²) in [5, 5.41) is 4.03. The Morgan fingerprint density at radius 3 is 2.56 bits per heavy atom. The molecule has 1 aliphatic carbocycles. The summed E-state index contributed by atoms with van der Waals surface area (Å²) in [6.45, 7) is 0.641. The van der Waals surface area contributed by atoms with Gasteiger partial charge in [-0.1, -0.05) is 18.0 Å². The number of likely N-dealkylation sites (tertiary alicyclic amines) is 1. The fourth-order valence-corrected chi connectivity index (χ4v) is 4.45. The molecule has 1 aliphatic heterocycles. The highest BCUT2D eigenvalue weighted by Gasteiger charge is 2.38. The maximum atomic E-state index is 12.4. The smallest absolute Gasteiger partial charge is 0.232 e. The molecule has 0 bridgehead atoms. The topological polar surface area (TPSA) is 105 Å². The fraction of sp³-hybridized carbons (Fsp3) is 0.500. The van der Waals surface area contributed by atoms with Crippen LogP contribution in [0.3, 0.4) is 0 Å². The molecule has 1 atom stereocenters. The zero-order valence-electron chi connectivity index (χ0n) is 15.1. The van der Waals surface area contributed by atoms with Crippen molar-refractivity contribution in [2.75, 3.05) is 17.5 Å². The van der Waals surface area contributed by atoms with Crippen molar-refractivity contribution in [2.24, 2.45) is 0 Å². The van der Waals surface area contributed by atoms with Crippen molar-refractivity contribution in [1.29, 1.82) is 0 Å². The van der Waals surface area contributed by atoms with Gasteiger partial charge in [0.05, 0.1) is 12.2 Å². The van der Waals surface area contributed by atoms with Crippen LogP contribution in [0.15, 0.2) is 28.8 Å². The van der Waals surface area contributed by atoms with E-state index in [0.717, 1.165) is 24.7 Å². The average Bonchev–Trinajstić information content (AvgIpc) is 3.34. The molecule has 1 aromatic carbocycles. The molecule has 27 heavy (non-hydrogen) atoms. The number of amides is 1. The van der Waals surface area contributed by atoms with Crippen molar-refractivity contribution in [3.8, 4) is 11.4 Å². The summed E-state index contributed by atoms with van der Waals surface area (Å²) in [6.07, 6.45) is 6.06. The van der Waals surface area contributed by atoms with Gasteiger partial charge in [-0.25, -0.2) is 8.42 Å². The molecule has 9 heteroatoms. The summed E-state index contributed by atoms with van der Waals surface area (Å²) in [7, 11) is -3.32. The zero-order valence-corrected chi connectivity index (χ0v) is 15.9. The van der Waals surface area contributed by atoms with Gasteiger partial charge >= 0.3 is 0 Å². The number of nitrogens with one attached hydrogen (secondary N) is 1. The molecule has 2 heterocycles. The third kappa shape index (κ3) is 3.97. The number of carbonyl (C=O) groups excluding carboxylic acids is 1. The maximum Gasteiger partial charge on any atom is 0.232 e. The molecule has 1 saturated heterocycles. The van der Waals surface area contributed by atoms with Crippen LogP contribution in [0, 0.1) is 0 Å². The SMILES string of the molecule is CS(=O)(=O)Nc1ccc(-c2noc([C@@H]3CC(=O)N(C4CCCC4)C3)n2)cc1. The van der Waals surface area contributed by atoms with E-state index in [9.17, 15) is 13.2 Å². The Balaban J connectivity index is 1.46. The molecule has 1 amide bonds. The number of aromatic nitrogens is 2. The van der Waals surface area contributed by atoms with Crippen LogP contribution < -0.4 is 4.72 Å². The Morgan fingerprint density at radius 2 is 1.89 bits per heavy atom.